The molecule has 5 heteroatoms. The molecule has 0 aliphatic carbocycles. The van der Waals surface area contributed by atoms with Crippen molar-refractivity contribution in [3.8, 4) is 0 Å². The number of rotatable bonds is 4. The van der Waals surface area contributed by atoms with Gasteiger partial charge in [0.05, 0.1) is 4.88 Å². The third kappa shape index (κ3) is 2.37. The molecule has 0 aliphatic heterocycles. The molecular weight excluding hydrogens is 220 g/mol. The Morgan fingerprint density at radius 3 is 2.86 bits per heavy atom. The third-order valence-electron chi connectivity index (χ3n) is 1.38. The lowest BCUT2D eigenvalue weighted by atomic mass is 10.3. The molecule has 0 unspecified atom stereocenters. The Bertz CT molecular complexity index is 409. The lowest BCUT2D eigenvalue weighted by molar-refractivity contribution is 0.112. The van der Waals surface area contributed by atoms with E-state index >= 15 is 0 Å². The van der Waals surface area contributed by atoms with Crippen LogP contribution in [0.4, 0.5) is 0 Å². The Labute approximate surface area is 90.5 Å². The van der Waals surface area contributed by atoms with Crippen LogP contribution in [0.5, 0.6) is 0 Å². The third-order valence-corrected chi connectivity index (χ3v) is 2.54. The molecule has 3 nitrogen and oxygen atoms in total. The van der Waals surface area contributed by atoms with E-state index < -0.39 is 0 Å². The van der Waals surface area contributed by atoms with Crippen LogP contribution in [0.2, 0.25) is 0 Å². The van der Waals surface area contributed by atoms with Crippen molar-refractivity contribution in [2.75, 3.05) is 0 Å². The van der Waals surface area contributed by atoms with E-state index in [-0.39, 0.29) is 0 Å². The minimum absolute atomic E-state index is 0.323. The van der Waals surface area contributed by atoms with Gasteiger partial charge in [0.2, 0.25) is 0 Å². The standard InChI is InChI=1S/C9H7ClN2OS/c1-6(10)8(4-11-2)9-12-3-7(5-13)14-9/h3-5H,1-2H2/b8-4+. The SMILES string of the molecule is C=N/C=C(\C(=C)Cl)c1ncc(C=O)s1. The Balaban J connectivity index is 3.11. The molecule has 0 bridgehead atoms. The fourth-order valence-corrected chi connectivity index (χ4v) is 1.76. The summed E-state index contributed by atoms with van der Waals surface area (Å²) < 4.78 is 0. The maximum atomic E-state index is 10.4. The van der Waals surface area contributed by atoms with Crippen LogP contribution in [0.25, 0.3) is 5.57 Å². The summed E-state index contributed by atoms with van der Waals surface area (Å²) >= 11 is 6.97. The van der Waals surface area contributed by atoms with Gasteiger partial charge in [-0.2, -0.15) is 0 Å². The zero-order valence-electron chi connectivity index (χ0n) is 7.24. The number of halogens is 1. The number of hydrogen-bond donors (Lipinski definition) is 0. The van der Waals surface area contributed by atoms with E-state index in [4.69, 9.17) is 11.6 Å². The molecule has 0 amide bonds. The van der Waals surface area contributed by atoms with Crippen LogP contribution in [0, 0.1) is 0 Å². The summed E-state index contributed by atoms with van der Waals surface area (Å²) in [5, 5.41) is 0.934. The Morgan fingerprint density at radius 1 is 1.71 bits per heavy atom. The maximum absolute atomic E-state index is 10.4. The number of carbonyl (C=O) groups excluding carboxylic acids is 1. The molecule has 0 saturated heterocycles. The van der Waals surface area contributed by atoms with Crippen molar-refractivity contribution >= 4 is 41.5 Å². The summed E-state index contributed by atoms with van der Waals surface area (Å²) in [6, 6.07) is 0. The van der Waals surface area contributed by atoms with E-state index in [1.54, 1.807) is 0 Å². The first-order valence-corrected chi connectivity index (χ1v) is 4.80. The Hall–Kier alpha value is -1.26. The van der Waals surface area contributed by atoms with Crippen molar-refractivity contribution in [1.29, 1.82) is 0 Å². The predicted octanol–water partition coefficient (Wildman–Crippen LogP) is 2.75. The molecule has 0 radical (unpaired) electrons. The zero-order chi connectivity index (χ0) is 10.6. The van der Waals surface area contributed by atoms with Crippen molar-refractivity contribution in [3.05, 3.63) is 33.9 Å². The zero-order valence-corrected chi connectivity index (χ0v) is 8.81. The van der Waals surface area contributed by atoms with Gasteiger partial charge < -0.3 is 0 Å². The first-order chi connectivity index (χ1) is 6.69. The summed E-state index contributed by atoms with van der Waals surface area (Å²) in [4.78, 5) is 18.6. The predicted molar refractivity (Wildman–Crippen MR) is 60.0 cm³/mol. The largest absolute Gasteiger partial charge is 0.297 e. The number of allylic oxidation sites excluding steroid dienone is 2. The van der Waals surface area contributed by atoms with E-state index in [1.807, 2.05) is 0 Å². The number of nitrogens with zero attached hydrogens (tertiary/aromatic N) is 2. The molecule has 1 heterocycles. The topological polar surface area (TPSA) is 42.3 Å². The van der Waals surface area contributed by atoms with Crippen LogP contribution in [0.15, 0.2) is 29.0 Å². The van der Waals surface area contributed by atoms with E-state index in [0.29, 0.717) is 20.5 Å². The highest BCUT2D eigenvalue weighted by molar-refractivity contribution is 7.14. The van der Waals surface area contributed by atoms with Crippen LogP contribution in [-0.4, -0.2) is 18.0 Å². The molecular formula is C9H7ClN2OS. The molecule has 0 aromatic carbocycles. The van der Waals surface area contributed by atoms with Gasteiger partial charge in [0, 0.05) is 23.0 Å². The Morgan fingerprint density at radius 2 is 2.43 bits per heavy atom. The molecule has 1 aromatic rings. The van der Waals surface area contributed by atoms with Gasteiger partial charge in [-0.15, -0.1) is 11.3 Å². The van der Waals surface area contributed by atoms with E-state index in [0.717, 1.165) is 6.29 Å². The number of aliphatic imine (C=N–C) groups is 1. The normalized spacial score (nSPS) is 11.1. The van der Waals surface area contributed by atoms with Gasteiger partial charge in [0.1, 0.15) is 5.01 Å². The molecule has 14 heavy (non-hydrogen) atoms. The van der Waals surface area contributed by atoms with Crippen molar-refractivity contribution in [3.63, 3.8) is 0 Å². The molecule has 72 valence electrons. The molecule has 1 aromatic heterocycles. The smallest absolute Gasteiger partial charge is 0.161 e. The maximum Gasteiger partial charge on any atom is 0.161 e. The average Bonchev–Trinajstić information content (AvgIpc) is 2.61. The van der Waals surface area contributed by atoms with Crippen LogP contribution < -0.4 is 0 Å². The number of aromatic nitrogens is 1. The molecule has 0 fully saturated rings. The number of carbonyl (C=O) groups is 1. The highest BCUT2D eigenvalue weighted by atomic mass is 35.5. The highest BCUT2D eigenvalue weighted by Crippen LogP contribution is 2.27. The quantitative estimate of drug-likeness (QED) is 0.450. The van der Waals surface area contributed by atoms with E-state index in [1.165, 1.54) is 23.7 Å². The van der Waals surface area contributed by atoms with Crippen molar-refractivity contribution in [1.82, 2.24) is 4.98 Å². The van der Waals surface area contributed by atoms with Crippen LogP contribution in [0.1, 0.15) is 14.7 Å². The molecule has 0 spiro atoms. The summed E-state index contributed by atoms with van der Waals surface area (Å²) in [7, 11) is 0. The van der Waals surface area contributed by atoms with Crippen molar-refractivity contribution < 1.29 is 4.79 Å². The van der Waals surface area contributed by atoms with Gasteiger partial charge in [-0.25, -0.2) is 4.98 Å². The minimum atomic E-state index is 0.323. The molecule has 1 rings (SSSR count). The van der Waals surface area contributed by atoms with Crippen molar-refractivity contribution in [2.45, 2.75) is 0 Å². The summed E-state index contributed by atoms with van der Waals surface area (Å²) in [6.07, 6.45) is 3.67. The monoisotopic (exact) mass is 226 g/mol. The summed E-state index contributed by atoms with van der Waals surface area (Å²) in [5.74, 6) is 0. The summed E-state index contributed by atoms with van der Waals surface area (Å²) in [5.41, 5.74) is 0.583. The second kappa shape index (κ2) is 4.83. The van der Waals surface area contributed by atoms with Crippen LogP contribution in [-0.2, 0) is 0 Å². The number of thiazole rings is 1. The second-order valence-corrected chi connectivity index (χ2v) is 3.83. The lowest BCUT2D eigenvalue weighted by Gasteiger charge is -1.97. The highest BCUT2D eigenvalue weighted by Gasteiger charge is 2.08. The lowest BCUT2D eigenvalue weighted by Crippen LogP contribution is -1.80. The van der Waals surface area contributed by atoms with E-state index in [2.05, 4.69) is 23.3 Å². The minimum Gasteiger partial charge on any atom is -0.297 e. The number of aldehydes is 1. The van der Waals surface area contributed by atoms with E-state index in [9.17, 15) is 4.79 Å². The van der Waals surface area contributed by atoms with Gasteiger partial charge in [-0.3, -0.25) is 9.79 Å². The van der Waals surface area contributed by atoms with Crippen LogP contribution in [0.3, 0.4) is 0 Å². The fourth-order valence-electron chi connectivity index (χ4n) is 0.798. The molecule has 0 aliphatic rings. The van der Waals surface area contributed by atoms with Crippen LogP contribution >= 0.6 is 22.9 Å². The van der Waals surface area contributed by atoms with Gasteiger partial charge in [-0.05, 0) is 6.72 Å². The van der Waals surface area contributed by atoms with Crippen molar-refractivity contribution in [2.24, 2.45) is 4.99 Å². The summed E-state index contributed by atoms with van der Waals surface area (Å²) in [6.45, 7) is 6.89. The number of hydrogen-bond acceptors (Lipinski definition) is 4. The molecule has 0 N–H and O–H groups in total. The van der Waals surface area contributed by atoms with Gasteiger partial charge in [0.25, 0.3) is 0 Å². The van der Waals surface area contributed by atoms with Gasteiger partial charge in [-0.1, -0.05) is 18.2 Å². The molecule has 0 saturated carbocycles. The Kier molecular flexibility index (Phi) is 3.73. The van der Waals surface area contributed by atoms with Gasteiger partial charge >= 0.3 is 0 Å². The first-order valence-electron chi connectivity index (χ1n) is 3.61. The fraction of sp³-hybridized carbons (Fsp3) is 0. The second-order valence-electron chi connectivity index (χ2n) is 2.32. The molecule has 0 atom stereocenters. The van der Waals surface area contributed by atoms with Gasteiger partial charge in [0.15, 0.2) is 6.29 Å². The average molecular weight is 227 g/mol. The first kappa shape index (κ1) is 10.8.